The van der Waals surface area contributed by atoms with Crippen molar-refractivity contribution in [3.05, 3.63) is 59.2 Å². The van der Waals surface area contributed by atoms with E-state index < -0.39 is 0 Å². The van der Waals surface area contributed by atoms with E-state index in [1.165, 1.54) is 0 Å². The van der Waals surface area contributed by atoms with Crippen LogP contribution in [0.1, 0.15) is 54.6 Å². The van der Waals surface area contributed by atoms with E-state index in [0.717, 1.165) is 43.5 Å². The lowest BCUT2D eigenvalue weighted by atomic mass is 9.77. The number of hydrogen-bond donors (Lipinski definition) is 2. The number of piperidine rings is 1. The number of carbonyl (C=O) groups excluding carboxylic acids is 1. The van der Waals surface area contributed by atoms with Gasteiger partial charge in [0.15, 0.2) is 0 Å². The maximum absolute atomic E-state index is 12.8. The second-order valence-electron chi connectivity index (χ2n) is 7.26. The zero-order valence-corrected chi connectivity index (χ0v) is 14.8. The summed E-state index contributed by atoms with van der Waals surface area (Å²) in [4.78, 5) is 14.6. The summed E-state index contributed by atoms with van der Waals surface area (Å²) in [5.74, 6) is 0.160. The van der Waals surface area contributed by atoms with Crippen LogP contribution in [0.2, 0.25) is 0 Å². The Balaban J connectivity index is 1.95. The molecule has 1 aliphatic heterocycles. The molecular formula is C21H25NO3. The highest BCUT2D eigenvalue weighted by Gasteiger charge is 2.27. The van der Waals surface area contributed by atoms with Gasteiger partial charge in [-0.2, -0.15) is 0 Å². The molecule has 0 aliphatic carbocycles. The number of nitrogens with zero attached hydrogens (tertiary/aromatic N) is 1. The molecule has 2 N–H and O–H groups in total. The first-order valence-corrected chi connectivity index (χ1v) is 8.82. The van der Waals surface area contributed by atoms with E-state index >= 15 is 0 Å². The van der Waals surface area contributed by atoms with Crippen LogP contribution in [0.3, 0.4) is 0 Å². The SMILES string of the molecule is CC(C)(c1ccc(O)cc1)c1ccc(O)c(C(=O)N2CCCCC2)c1. The van der Waals surface area contributed by atoms with Gasteiger partial charge < -0.3 is 15.1 Å². The van der Waals surface area contributed by atoms with Crippen molar-refractivity contribution < 1.29 is 15.0 Å². The van der Waals surface area contributed by atoms with Gasteiger partial charge in [-0.25, -0.2) is 0 Å². The first-order valence-electron chi connectivity index (χ1n) is 8.82. The largest absolute Gasteiger partial charge is 0.508 e. The predicted octanol–water partition coefficient (Wildman–Crippen LogP) is 4.05. The summed E-state index contributed by atoms with van der Waals surface area (Å²) in [5.41, 5.74) is 2.01. The van der Waals surface area contributed by atoms with Gasteiger partial charge in [-0.05, 0) is 54.7 Å². The van der Waals surface area contributed by atoms with E-state index in [2.05, 4.69) is 13.8 Å². The molecule has 4 heteroatoms. The lowest BCUT2D eigenvalue weighted by molar-refractivity contribution is 0.0721. The Bertz CT molecular complexity index is 759. The molecule has 0 saturated carbocycles. The van der Waals surface area contributed by atoms with Crippen LogP contribution in [0.4, 0.5) is 0 Å². The quantitative estimate of drug-likeness (QED) is 0.887. The smallest absolute Gasteiger partial charge is 0.257 e. The standard InChI is InChI=1S/C21H25NO3/c1-21(2,15-6-9-17(23)10-7-15)16-8-11-19(24)18(14-16)20(25)22-12-4-3-5-13-22/h6-11,14,23-24H,3-5,12-13H2,1-2H3. The Morgan fingerprint density at radius 3 is 2.16 bits per heavy atom. The minimum Gasteiger partial charge on any atom is -0.508 e. The first kappa shape index (κ1) is 17.3. The van der Waals surface area contributed by atoms with Crippen LogP contribution in [-0.2, 0) is 5.41 Å². The average Bonchev–Trinajstić information content (AvgIpc) is 2.62. The van der Waals surface area contributed by atoms with Crippen molar-refractivity contribution in [2.45, 2.75) is 38.5 Å². The van der Waals surface area contributed by atoms with Gasteiger partial charge in [0.2, 0.25) is 0 Å². The molecule has 2 aromatic carbocycles. The Morgan fingerprint density at radius 1 is 0.920 bits per heavy atom. The summed E-state index contributed by atoms with van der Waals surface area (Å²) in [7, 11) is 0. The number of amides is 1. The van der Waals surface area contributed by atoms with Gasteiger partial charge in [-0.1, -0.05) is 32.0 Å². The van der Waals surface area contributed by atoms with Crippen LogP contribution in [-0.4, -0.2) is 34.1 Å². The first-order chi connectivity index (χ1) is 11.9. The van der Waals surface area contributed by atoms with Crippen LogP contribution >= 0.6 is 0 Å². The second-order valence-corrected chi connectivity index (χ2v) is 7.26. The van der Waals surface area contributed by atoms with Gasteiger partial charge in [0.1, 0.15) is 11.5 Å². The molecule has 1 saturated heterocycles. The van der Waals surface area contributed by atoms with Gasteiger partial charge >= 0.3 is 0 Å². The van der Waals surface area contributed by atoms with E-state index in [-0.39, 0.29) is 22.8 Å². The molecule has 25 heavy (non-hydrogen) atoms. The molecular weight excluding hydrogens is 314 g/mol. The van der Waals surface area contributed by atoms with E-state index in [1.54, 1.807) is 24.3 Å². The third-order valence-electron chi connectivity index (χ3n) is 5.18. The zero-order valence-electron chi connectivity index (χ0n) is 14.8. The van der Waals surface area contributed by atoms with Crippen molar-refractivity contribution in [2.24, 2.45) is 0 Å². The summed E-state index contributed by atoms with van der Waals surface area (Å²) in [5, 5.41) is 19.7. The Morgan fingerprint density at radius 2 is 1.52 bits per heavy atom. The van der Waals surface area contributed by atoms with Gasteiger partial charge in [-0.3, -0.25) is 4.79 Å². The summed E-state index contributed by atoms with van der Waals surface area (Å²) in [6, 6.07) is 12.4. The number of hydrogen-bond acceptors (Lipinski definition) is 3. The number of rotatable bonds is 3. The van der Waals surface area contributed by atoms with E-state index in [9.17, 15) is 15.0 Å². The Hall–Kier alpha value is -2.49. The average molecular weight is 339 g/mol. The third-order valence-corrected chi connectivity index (χ3v) is 5.18. The molecule has 1 heterocycles. The molecule has 0 aromatic heterocycles. The molecule has 0 bridgehead atoms. The molecule has 0 unspecified atom stereocenters. The summed E-state index contributed by atoms with van der Waals surface area (Å²) in [6.07, 6.45) is 3.19. The summed E-state index contributed by atoms with van der Waals surface area (Å²) >= 11 is 0. The highest BCUT2D eigenvalue weighted by molar-refractivity contribution is 5.97. The van der Waals surface area contributed by atoms with Crippen LogP contribution in [0.5, 0.6) is 11.5 Å². The minimum atomic E-state index is -0.349. The molecule has 2 aromatic rings. The highest BCUT2D eigenvalue weighted by atomic mass is 16.3. The topological polar surface area (TPSA) is 60.8 Å². The van der Waals surface area contributed by atoms with Crippen molar-refractivity contribution in [3.8, 4) is 11.5 Å². The lowest BCUT2D eigenvalue weighted by Gasteiger charge is -2.29. The molecule has 3 rings (SSSR count). The Labute approximate surface area is 148 Å². The molecule has 1 fully saturated rings. The fraction of sp³-hybridized carbons (Fsp3) is 0.381. The van der Waals surface area contributed by atoms with Crippen LogP contribution < -0.4 is 0 Å². The van der Waals surface area contributed by atoms with Crippen molar-refractivity contribution >= 4 is 5.91 Å². The number of phenolic OH excluding ortho intramolecular Hbond substituents is 2. The number of aromatic hydroxyl groups is 2. The second kappa shape index (κ2) is 6.79. The minimum absolute atomic E-state index is 0.0285. The fourth-order valence-electron chi connectivity index (χ4n) is 3.41. The van der Waals surface area contributed by atoms with Gasteiger partial charge in [0.25, 0.3) is 5.91 Å². The van der Waals surface area contributed by atoms with Crippen molar-refractivity contribution in [3.63, 3.8) is 0 Å². The third kappa shape index (κ3) is 3.48. The monoisotopic (exact) mass is 339 g/mol. The molecule has 132 valence electrons. The number of benzene rings is 2. The highest BCUT2D eigenvalue weighted by Crippen LogP contribution is 2.35. The van der Waals surface area contributed by atoms with Crippen LogP contribution in [0, 0.1) is 0 Å². The van der Waals surface area contributed by atoms with Crippen LogP contribution in [0.15, 0.2) is 42.5 Å². The molecule has 4 nitrogen and oxygen atoms in total. The lowest BCUT2D eigenvalue weighted by Crippen LogP contribution is -2.35. The molecule has 1 aliphatic rings. The number of likely N-dealkylation sites (tertiary alicyclic amines) is 1. The van der Waals surface area contributed by atoms with Crippen LogP contribution in [0.25, 0.3) is 0 Å². The van der Waals surface area contributed by atoms with E-state index in [4.69, 9.17) is 0 Å². The maximum Gasteiger partial charge on any atom is 0.257 e. The van der Waals surface area contributed by atoms with Crippen molar-refractivity contribution in [2.75, 3.05) is 13.1 Å². The number of carbonyl (C=O) groups is 1. The van der Waals surface area contributed by atoms with Gasteiger partial charge in [0.05, 0.1) is 5.56 Å². The fourth-order valence-corrected chi connectivity index (χ4v) is 3.41. The van der Waals surface area contributed by atoms with E-state index in [0.29, 0.717) is 5.56 Å². The van der Waals surface area contributed by atoms with Gasteiger partial charge in [0, 0.05) is 18.5 Å². The summed E-state index contributed by atoms with van der Waals surface area (Å²) in [6.45, 7) is 5.65. The van der Waals surface area contributed by atoms with E-state index in [1.807, 2.05) is 23.1 Å². The van der Waals surface area contributed by atoms with Gasteiger partial charge in [-0.15, -0.1) is 0 Å². The van der Waals surface area contributed by atoms with Crippen molar-refractivity contribution in [1.29, 1.82) is 0 Å². The maximum atomic E-state index is 12.8. The Kier molecular flexibility index (Phi) is 4.71. The molecule has 1 amide bonds. The molecule has 0 radical (unpaired) electrons. The summed E-state index contributed by atoms with van der Waals surface area (Å²) < 4.78 is 0. The van der Waals surface area contributed by atoms with Crippen molar-refractivity contribution in [1.82, 2.24) is 4.90 Å². The predicted molar refractivity (Wildman–Crippen MR) is 98.1 cm³/mol. The molecule has 0 spiro atoms. The normalized spacial score (nSPS) is 15.2. The molecule has 0 atom stereocenters. The zero-order chi connectivity index (χ0) is 18.0. The number of phenols is 2.